The Morgan fingerprint density at radius 1 is 1.04 bits per heavy atom. The number of hydrogen-bond donors (Lipinski definition) is 2. The van der Waals surface area contributed by atoms with E-state index in [9.17, 15) is 9.59 Å². The molecule has 0 spiro atoms. The van der Waals surface area contributed by atoms with Crippen LogP contribution in [0.5, 0.6) is 0 Å². The number of rotatable bonds is 5. The van der Waals surface area contributed by atoms with Crippen molar-refractivity contribution in [1.82, 2.24) is 10.2 Å². The zero-order chi connectivity index (χ0) is 17.6. The summed E-state index contributed by atoms with van der Waals surface area (Å²) >= 11 is 0. The fourth-order valence-corrected chi connectivity index (χ4v) is 3.25. The van der Waals surface area contributed by atoms with E-state index in [0.29, 0.717) is 19.5 Å². The Bertz CT molecular complexity index is 746. The van der Waals surface area contributed by atoms with Crippen LogP contribution in [0.3, 0.4) is 0 Å². The highest BCUT2D eigenvalue weighted by Crippen LogP contribution is 2.33. The van der Waals surface area contributed by atoms with Gasteiger partial charge in [0, 0.05) is 19.5 Å². The molecule has 130 valence electrons. The third kappa shape index (κ3) is 4.18. The van der Waals surface area contributed by atoms with Crippen molar-refractivity contribution >= 4 is 12.0 Å². The van der Waals surface area contributed by atoms with Gasteiger partial charge >= 0.3 is 12.0 Å². The molecule has 0 aromatic heterocycles. The van der Waals surface area contributed by atoms with Crippen molar-refractivity contribution in [2.24, 2.45) is 0 Å². The molecule has 0 bridgehead atoms. The summed E-state index contributed by atoms with van der Waals surface area (Å²) < 4.78 is 0. The number of carboxylic acid groups (broad SMARTS) is 1. The van der Waals surface area contributed by atoms with Gasteiger partial charge in [-0.1, -0.05) is 54.6 Å². The van der Waals surface area contributed by atoms with Gasteiger partial charge in [-0.25, -0.2) is 4.79 Å². The van der Waals surface area contributed by atoms with E-state index in [-0.39, 0.29) is 18.5 Å². The third-order valence-corrected chi connectivity index (χ3v) is 4.54. The molecule has 0 radical (unpaired) electrons. The molecule has 1 heterocycles. The van der Waals surface area contributed by atoms with Crippen molar-refractivity contribution in [2.45, 2.75) is 31.8 Å². The Morgan fingerprint density at radius 3 is 2.44 bits per heavy atom. The second-order valence-corrected chi connectivity index (χ2v) is 6.26. The molecule has 2 amide bonds. The molecule has 1 aliphatic rings. The normalized spacial score (nSPS) is 16.2. The van der Waals surface area contributed by atoms with Gasteiger partial charge in [0.2, 0.25) is 0 Å². The topological polar surface area (TPSA) is 69.6 Å². The van der Waals surface area contributed by atoms with Crippen LogP contribution in [0.4, 0.5) is 4.79 Å². The van der Waals surface area contributed by atoms with Crippen LogP contribution >= 0.6 is 0 Å². The lowest BCUT2D eigenvalue weighted by Crippen LogP contribution is -2.45. The van der Waals surface area contributed by atoms with Crippen LogP contribution in [-0.2, 0) is 17.8 Å². The van der Waals surface area contributed by atoms with E-state index >= 15 is 0 Å². The van der Waals surface area contributed by atoms with Gasteiger partial charge in [0.05, 0.1) is 6.04 Å². The Balaban J connectivity index is 1.76. The largest absolute Gasteiger partial charge is 0.481 e. The zero-order valence-electron chi connectivity index (χ0n) is 14.0. The van der Waals surface area contributed by atoms with Crippen molar-refractivity contribution in [3.8, 4) is 0 Å². The summed E-state index contributed by atoms with van der Waals surface area (Å²) in [5.41, 5.74) is 3.54. The van der Waals surface area contributed by atoms with Crippen LogP contribution in [0.15, 0.2) is 54.6 Å². The van der Waals surface area contributed by atoms with Gasteiger partial charge in [0.25, 0.3) is 0 Å². The molecule has 2 aromatic rings. The number of aliphatic carboxylic acids is 1. The number of amides is 2. The van der Waals surface area contributed by atoms with E-state index in [4.69, 9.17) is 5.11 Å². The minimum atomic E-state index is -0.844. The predicted octanol–water partition coefficient (Wildman–Crippen LogP) is 3.36. The molecule has 5 heteroatoms. The second kappa shape index (κ2) is 7.83. The SMILES string of the molecule is O=C(O)CCCNC(=O)N1Cc2ccccc2CC1c1ccccc1. The lowest BCUT2D eigenvalue weighted by Gasteiger charge is -2.37. The molecule has 0 aliphatic carbocycles. The van der Waals surface area contributed by atoms with E-state index in [1.54, 1.807) is 0 Å². The van der Waals surface area contributed by atoms with Crippen molar-refractivity contribution in [2.75, 3.05) is 6.54 Å². The van der Waals surface area contributed by atoms with Crippen molar-refractivity contribution in [3.63, 3.8) is 0 Å². The number of benzene rings is 2. The molecule has 5 nitrogen and oxygen atoms in total. The molecule has 0 saturated heterocycles. The smallest absolute Gasteiger partial charge is 0.318 e. The zero-order valence-corrected chi connectivity index (χ0v) is 14.0. The maximum atomic E-state index is 12.7. The Hall–Kier alpha value is -2.82. The Morgan fingerprint density at radius 2 is 1.72 bits per heavy atom. The van der Waals surface area contributed by atoms with Crippen LogP contribution in [0, 0.1) is 0 Å². The minimum absolute atomic E-state index is 0.0180. The summed E-state index contributed by atoms with van der Waals surface area (Å²) in [6, 6.07) is 18.1. The average Bonchev–Trinajstić information content (AvgIpc) is 2.64. The van der Waals surface area contributed by atoms with Gasteiger partial charge in [-0.05, 0) is 29.5 Å². The molecule has 0 fully saturated rings. The first-order valence-corrected chi connectivity index (χ1v) is 8.53. The van der Waals surface area contributed by atoms with E-state index in [1.165, 1.54) is 5.56 Å². The molecular formula is C20H22N2O3. The second-order valence-electron chi connectivity index (χ2n) is 6.26. The molecule has 2 N–H and O–H groups in total. The van der Waals surface area contributed by atoms with Crippen LogP contribution in [0.25, 0.3) is 0 Å². The summed E-state index contributed by atoms with van der Waals surface area (Å²) in [6.45, 7) is 0.922. The van der Waals surface area contributed by atoms with E-state index < -0.39 is 5.97 Å². The molecular weight excluding hydrogens is 316 g/mol. The van der Waals surface area contributed by atoms with Crippen molar-refractivity contribution in [1.29, 1.82) is 0 Å². The number of fused-ring (bicyclic) bond motifs is 1. The highest BCUT2D eigenvalue weighted by Gasteiger charge is 2.30. The Kier molecular flexibility index (Phi) is 5.33. The monoisotopic (exact) mass is 338 g/mol. The van der Waals surface area contributed by atoms with Gasteiger partial charge in [0.15, 0.2) is 0 Å². The number of urea groups is 1. The Labute approximate surface area is 147 Å². The number of nitrogens with zero attached hydrogens (tertiary/aromatic N) is 1. The molecule has 2 aromatic carbocycles. The van der Waals surface area contributed by atoms with Crippen molar-refractivity contribution in [3.05, 3.63) is 71.3 Å². The number of carboxylic acids is 1. The lowest BCUT2D eigenvalue weighted by molar-refractivity contribution is -0.137. The molecule has 3 rings (SSSR count). The first kappa shape index (κ1) is 17.0. The summed E-state index contributed by atoms with van der Waals surface area (Å²) in [6.07, 6.45) is 1.27. The standard InChI is InChI=1S/C20H22N2O3/c23-19(24)11-6-12-21-20(25)22-14-17-10-5-4-9-16(17)13-18(22)15-7-2-1-3-8-15/h1-5,7-10,18H,6,11-14H2,(H,21,25)(H,23,24). The van der Waals surface area contributed by atoms with Crippen LogP contribution in [0.1, 0.15) is 35.6 Å². The maximum Gasteiger partial charge on any atom is 0.318 e. The maximum absolute atomic E-state index is 12.7. The van der Waals surface area contributed by atoms with E-state index in [1.807, 2.05) is 47.4 Å². The lowest BCUT2D eigenvalue weighted by atomic mass is 9.90. The fraction of sp³-hybridized carbons (Fsp3) is 0.300. The first-order valence-electron chi connectivity index (χ1n) is 8.53. The van der Waals surface area contributed by atoms with Gasteiger partial charge in [-0.15, -0.1) is 0 Å². The number of nitrogens with one attached hydrogen (secondary N) is 1. The summed E-state index contributed by atoms with van der Waals surface area (Å²) in [4.78, 5) is 25.1. The molecule has 1 atom stereocenters. The van der Waals surface area contributed by atoms with E-state index in [0.717, 1.165) is 17.5 Å². The number of hydrogen-bond acceptors (Lipinski definition) is 2. The highest BCUT2D eigenvalue weighted by molar-refractivity contribution is 5.75. The highest BCUT2D eigenvalue weighted by atomic mass is 16.4. The summed E-state index contributed by atoms with van der Waals surface area (Å²) in [5.74, 6) is -0.844. The quantitative estimate of drug-likeness (QED) is 0.821. The molecule has 25 heavy (non-hydrogen) atoms. The molecule has 1 unspecified atom stereocenters. The average molecular weight is 338 g/mol. The number of carbonyl (C=O) groups is 2. The summed E-state index contributed by atoms with van der Waals surface area (Å²) in [5, 5.41) is 11.6. The van der Waals surface area contributed by atoms with Crippen LogP contribution < -0.4 is 5.32 Å². The van der Waals surface area contributed by atoms with Crippen LogP contribution in [-0.4, -0.2) is 28.6 Å². The third-order valence-electron chi connectivity index (χ3n) is 4.54. The van der Waals surface area contributed by atoms with Crippen LogP contribution in [0.2, 0.25) is 0 Å². The van der Waals surface area contributed by atoms with E-state index in [2.05, 4.69) is 17.4 Å². The summed E-state index contributed by atoms with van der Waals surface area (Å²) in [7, 11) is 0. The minimum Gasteiger partial charge on any atom is -0.481 e. The van der Waals surface area contributed by atoms with Gasteiger partial charge in [-0.3, -0.25) is 4.79 Å². The molecule has 0 saturated carbocycles. The van der Waals surface area contributed by atoms with Gasteiger partial charge in [-0.2, -0.15) is 0 Å². The first-order chi connectivity index (χ1) is 12.1. The van der Waals surface area contributed by atoms with Crippen molar-refractivity contribution < 1.29 is 14.7 Å². The van der Waals surface area contributed by atoms with Gasteiger partial charge in [0.1, 0.15) is 0 Å². The fourth-order valence-electron chi connectivity index (χ4n) is 3.25. The van der Waals surface area contributed by atoms with Gasteiger partial charge < -0.3 is 15.3 Å². The number of carbonyl (C=O) groups excluding carboxylic acids is 1. The molecule has 1 aliphatic heterocycles. The predicted molar refractivity (Wildman–Crippen MR) is 95.1 cm³/mol.